The molecule has 2 aromatic rings. The fraction of sp³-hybridized carbons (Fsp3) is 0.429. The van der Waals surface area contributed by atoms with Crippen LogP contribution in [0.25, 0.3) is 11.0 Å². The minimum absolute atomic E-state index is 0.116. The molecule has 4 heteroatoms. The molecule has 1 N–H and O–H groups in total. The molecule has 0 spiro atoms. The summed E-state index contributed by atoms with van der Waals surface area (Å²) in [4.78, 5) is 0. The van der Waals surface area contributed by atoms with Crippen molar-refractivity contribution in [3.8, 4) is 0 Å². The molecule has 0 aliphatic carbocycles. The summed E-state index contributed by atoms with van der Waals surface area (Å²) in [6, 6.07) is 10.2. The molecule has 0 saturated heterocycles. The molecule has 4 nitrogen and oxygen atoms in total. The molecule has 0 amide bonds. The first-order chi connectivity index (χ1) is 8.74. The van der Waals surface area contributed by atoms with E-state index in [0.717, 1.165) is 16.7 Å². The van der Waals surface area contributed by atoms with Crippen LogP contribution in [0.3, 0.4) is 0 Å². The zero-order valence-electron chi connectivity index (χ0n) is 11.0. The van der Waals surface area contributed by atoms with Crippen molar-refractivity contribution < 1.29 is 13.9 Å². The van der Waals surface area contributed by atoms with Gasteiger partial charge in [0.25, 0.3) is 0 Å². The number of rotatable bonds is 6. The van der Waals surface area contributed by atoms with Gasteiger partial charge in [-0.3, -0.25) is 0 Å². The monoisotopic (exact) mass is 249 g/mol. The van der Waals surface area contributed by atoms with Gasteiger partial charge in [0.05, 0.1) is 6.04 Å². The lowest BCUT2D eigenvalue weighted by Crippen LogP contribution is -2.31. The van der Waals surface area contributed by atoms with Crippen molar-refractivity contribution >= 4 is 11.0 Å². The highest BCUT2D eigenvalue weighted by atomic mass is 16.7. The normalized spacial score (nSPS) is 13.3. The van der Waals surface area contributed by atoms with Crippen LogP contribution >= 0.6 is 0 Å². The Kier molecular flexibility index (Phi) is 4.36. The Morgan fingerprint density at radius 2 is 1.94 bits per heavy atom. The van der Waals surface area contributed by atoms with Crippen LogP contribution in [0, 0.1) is 0 Å². The Morgan fingerprint density at radius 3 is 2.61 bits per heavy atom. The smallest absolute Gasteiger partial charge is 0.169 e. The second-order valence-corrected chi connectivity index (χ2v) is 4.22. The highest BCUT2D eigenvalue weighted by Crippen LogP contribution is 2.23. The van der Waals surface area contributed by atoms with E-state index < -0.39 is 0 Å². The molecule has 1 heterocycles. The SMILES string of the molecule is COC(CNC(C)c1cc2ccccc2o1)OC. The Hall–Kier alpha value is -1.36. The molecule has 1 aromatic heterocycles. The molecule has 0 aliphatic heterocycles. The van der Waals surface area contributed by atoms with Gasteiger partial charge in [0.15, 0.2) is 6.29 Å². The summed E-state index contributed by atoms with van der Waals surface area (Å²) in [5, 5.41) is 4.44. The summed E-state index contributed by atoms with van der Waals surface area (Å²) in [5.74, 6) is 0.919. The van der Waals surface area contributed by atoms with Gasteiger partial charge in [0.1, 0.15) is 11.3 Å². The second kappa shape index (κ2) is 6.00. The highest BCUT2D eigenvalue weighted by Gasteiger charge is 2.13. The molecule has 1 unspecified atom stereocenters. The molecular weight excluding hydrogens is 230 g/mol. The Labute approximate surface area is 107 Å². The molecule has 18 heavy (non-hydrogen) atoms. The average Bonchev–Trinajstić information content (AvgIpc) is 2.83. The first kappa shape index (κ1) is 13.1. The largest absolute Gasteiger partial charge is 0.459 e. The lowest BCUT2D eigenvalue weighted by atomic mass is 10.2. The van der Waals surface area contributed by atoms with Gasteiger partial charge in [-0.2, -0.15) is 0 Å². The van der Waals surface area contributed by atoms with Crippen LogP contribution in [0.5, 0.6) is 0 Å². The Bertz CT molecular complexity index is 457. The Morgan fingerprint density at radius 1 is 1.22 bits per heavy atom. The van der Waals surface area contributed by atoms with E-state index in [9.17, 15) is 0 Å². The molecule has 2 rings (SSSR count). The summed E-state index contributed by atoms with van der Waals surface area (Å²) in [6.07, 6.45) is -0.239. The predicted molar refractivity (Wildman–Crippen MR) is 70.4 cm³/mol. The predicted octanol–water partition coefficient (Wildman–Crippen LogP) is 2.70. The van der Waals surface area contributed by atoms with Gasteiger partial charge < -0.3 is 19.2 Å². The Balaban J connectivity index is 2.02. The van der Waals surface area contributed by atoms with E-state index in [4.69, 9.17) is 13.9 Å². The summed E-state index contributed by atoms with van der Waals surface area (Å²) in [6.45, 7) is 2.67. The van der Waals surface area contributed by atoms with Crippen molar-refractivity contribution in [2.24, 2.45) is 0 Å². The third kappa shape index (κ3) is 2.90. The molecule has 0 aliphatic rings. The van der Waals surface area contributed by atoms with Crippen molar-refractivity contribution in [1.82, 2.24) is 5.32 Å². The van der Waals surface area contributed by atoms with E-state index in [1.807, 2.05) is 24.3 Å². The molecule has 98 valence electrons. The van der Waals surface area contributed by atoms with Crippen LogP contribution < -0.4 is 5.32 Å². The lowest BCUT2D eigenvalue weighted by Gasteiger charge is -2.17. The van der Waals surface area contributed by atoms with Gasteiger partial charge in [-0.1, -0.05) is 18.2 Å². The van der Waals surface area contributed by atoms with Gasteiger partial charge in [-0.15, -0.1) is 0 Å². The van der Waals surface area contributed by atoms with Crippen LogP contribution in [-0.4, -0.2) is 27.1 Å². The topological polar surface area (TPSA) is 43.6 Å². The maximum atomic E-state index is 5.79. The second-order valence-electron chi connectivity index (χ2n) is 4.22. The van der Waals surface area contributed by atoms with E-state index in [1.165, 1.54) is 0 Å². The minimum Gasteiger partial charge on any atom is -0.459 e. The number of ether oxygens (including phenoxy) is 2. The van der Waals surface area contributed by atoms with Gasteiger partial charge in [0.2, 0.25) is 0 Å². The van der Waals surface area contributed by atoms with Crippen LogP contribution in [0.4, 0.5) is 0 Å². The first-order valence-corrected chi connectivity index (χ1v) is 6.02. The van der Waals surface area contributed by atoms with Crippen molar-refractivity contribution in [3.05, 3.63) is 36.1 Å². The number of benzene rings is 1. The van der Waals surface area contributed by atoms with E-state index in [0.29, 0.717) is 6.54 Å². The third-order valence-electron chi connectivity index (χ3n) is 2.99. The fourth-order valence-electron chi connectivity index (χ4n) is 1.85. The van der Waals surface area contributed by atoms with Crippen LogP contribution in [-0.2, 0) is 9.47 Å². The van der Waals surface area contributed by atoms with Crippen molar-refractivity contribution in [1.29, 1.82) is 0 Å². The van der Waals surface area contributed by atoms with Crippen LogP contribution in [0.15, 0.2) is 34.7 Å². The van der Waals surface area contributed by atoms with Crippen LogP contribution in [0.2, 0.25) is 0 Å². The van der Waals surface area contributed by atoms with Gasteiger partial charge in [0, 0.05) is 26.2 Å². The maximum absolute atomic E-state index is 5.79. The fourth-order valence-corrected chi connectivity index (χ4v) is 1.85. The number of para-hydroxylation sites is 1. The first-order valence-electron chi connectivity index (χ1n) is 6.02. The zero-order chi connectivity index (χ0) is 13.0. The summed E-state index contributed by atoms with van der Waals surface area (Å²) >= 11 is 0. The van der Waals surface area contributed by atoms with Crippen molar-refractivity contribution in [2.75, 3.05) is 20.8 Å². The quantitative estimate of drug-likeness (QED) is 0.799. The number of hydrogen-bond acceptors (Lipinski definition) is 4. The third-order valence-corrected chi connectivity index (χ3v) is 2.99. The summed E-state index contributed by atoms with van der Waals surface area (Å²) in [5.41, 5.74) is 0.913. The minimum atomic E-state index is -0.239. The van der Waals surface area contributed by atoms with E-state index in [1.54, 1.807) is 14.2 Å². The molecule has 0 fully saturated rings. The van der Waals surface area contributed by atoms with Crippen LogP contribution in [0.1, 0.15) is 18.7 Å². The average molecular weight is 249 g/mol. The van der Waals surface area contributed by atoms with Gasteiger partial charge in [-0.05, 0) is 19.1 Å². The molecule has 0 radical (unpaired) electrons. The summed E-state index contributed by atoms with van der Waals surface area (Å²) < 4.78 is 16.0. The standard InChI is InChI=1S/C14H19NO3/c1-10(15-9-14(16-2)17-3)13-8-11-6-4-5-7-12(11)18-13/h4-8,10,14-15H,9H2,1-3H3. The highest BCUT2D eigenvalue weighted by molar-refractivity contribution is 5.77. The maximum Gasteiger partial charge on any atom is 0.169 e. The number of nitrogens with one attached hydrogen (secondary N) is 1. The van der Waals surface area contributed by atoms with Crippen molar-refractivity contribution in [3.63, 3.8) is 0 Å². The van der Waals surface area contributed by atoms with E-state index >= 15 is 0 Å². The van der Waals surface area contributed by atoms with E-state index in [-0.39, 0.29) is 12.3 Å². The number of hydrogen-bond donors (Lipinski definition) is 1. The number of furan rings is 1. The molecule has 0 saturated carbocycles. The van der Waals surface area contributed by atoms with Crippen molar-refractivity contribution in [2.45, 2.75) is 19.3 Å². The molecular formula is C14H19NO3. The van der Waals surface area contributed by atoms with E-state index in [2.05, 4.69) is 18.3 Å². The molecule has 0 bridgehead atoms. The summed E-state index contributed by atoms with van der Waals surface area (Å²) in [7, 11) is 3.25. The van der Waals surface area contributed by atoms with Gasteiger partial charge in [-0.25, -0.2) is 0 Å². The lowest BCUT2D eigenvalue weighted by molar-refractivity contribution is -0.0999. The number of methoxy groups -OCH3 is 2. The van der Waals surface area contributed by atoms with Gasteiger partial charge >= 0.3 is 0 Å². The zero-order valence-corrected chi connectivity index (χ0v) is 11.0. The number of fused-ring (bicyclic) bond motifs is 1. The molecule has 1 atom stereocenters. The molecule has 1 aromatic carbocycles.